The lowest BCUT2D eigenvalue weighted by atomic mass is 10.1. The Morgan fingerprint density at radius 3 is 2.64 bits per heavy atom. The van der Waals surface area contributed by atoms with Crippen molar-refractivity contribution in [2.45, 2.75) is 64.1 Å². The van der Waals surface area contributed by atoms with E-state index >= 15 is 0 Å². The van der Waals surface area contributed by atoms with Crippen molar-refractivity contribution in [3.8, 4) is 0 Å². The molecule has 2 aliphatic heterocycles. The zero-order valence-electron chi connectivity index (χ0n) is 19.0. The summed E-state index contributed by atoms with van der Waals surface area (Å²) >= 11 is 0. The molecule has 2 aliphatic rings. The number of carbonyl (C=O) groups excluding carboxylic acids is 4. The third-order valence-corrected chi connectivity index (χ3v) is 5.73. The Bertz CT molecular complexity index is 1100. The molecule has 2 saturated heterocycles. The summed E-state index contributed by atoms with van der Waals surface area (Å²) in [5.74, 6) is -1.81. The van der Waals surface area contributed by atoms with Crippen LogP contribution in [0.15, 0.2) is 36.5 Å². The molecule has 9 heteroatoms. The second-order valence-electron chi connectivity index (χ2n) is 9.34. The van der Waals surface area contributed by atoms with Crippen LogP contribution in [0.4, 0.5) is 0 Å². The molecule has 2 fully saturated rings. The van der Waals surface area contributed by atoms with E-state index in [1.165, 1.54) is 10.0 Å². The summed E-state index contributed by atoms with van der Waals surface area (Å²) in [6.45, 7) is 5.60. The number of ether oxygens (including phenoxy) is 1. The minimum atomic E-state index is -0.963. The second-order valence-corrected chi connectivity index (χ2v) is 9.34. The molecule has 0 spiro atoms. The lowest BCUT2D eigenvalue weighted by Gasteiger charge is -2.43. The van der Waals surface area contributed by atoms with Crippen molar-refractivity contribution in [1.29, 1.82) is 0 Å². The second kappa shape index (κ2) is 8.80. The molecule has 3 amide bonds. The van der Waals surface area contributed by atoms with E-state index in [4.69, 9.17) is 4.74 Å². The first-order valence-electron chi connectivity index (χ1n) is 11.2. The Labute approximate surface area is 192 Å². The maximum atomic E-state index is 13.5. The van der Waals surface area contributed by atoms with Crippen LogP contribution in [0.1, 0.15) is 56.9 Å². The van der Waals surface area contributed by atoms with Gasteiger partial charge in [-0.3, -0.25) is 24.4 Å². The summed E-state index contributed by atoms with van der Waals surface area (Å²) in [4.78, 5) is 56.5. The van der Waals surface area contributed by atoms with Crippen LogP contribution in [0.25, 0.3) is 10.8 Å². The molecule has 4 rings (SSSR count). The Kier molecular flexibility index (Phi) is 6.05. The molecule has 0 bridgehead atoms. The predicted octanol–water partition coefficient (Wildman–Crippen LogP) is 2.20. The molecule has 33 heavy (non-hydrogen) atoms. The van der Waals surface area contributed by atoms with Gasteiger partial charge >= 0.3 is 5.97 Å². The third kappa shape index (κ3) is 4.67. The average Bonchev–Trinajstić information content (AvgIpc) is 2.89. The summed E-state index contributed by atoms with van der Waals surface area (Å²) in [6.07, 6.45) is 2.73. The number of esters is 1. The van der Waals surface area contributed by atoms with Gasteiger partial charge in [-0.1, -0.05) is 24.3 Å². The average molecular weight is 453 g/mol. The first-order valence-corrected chi connectivity index (χ1v) is 11.2. The van der Waals surface area contributed by atoms with Gasteiger partial charge in [0, 0.05) is 24.5 Å². The lowest BCUT2D eigenvalue weighted by Crippen LogP contribution is -2.62. The first-order chi connectivity index (χ1) is 15.7. The molecule has 2 unspecified atom stereocenters. The van der Waals surface area contributed by atoms with Crippen molar-refractivity contribution in [3.05, 3.63) is 42.2 Å². The van der Waals surface area contributed by atoms with Crippen LogP contribution in [-0.2, 0) is 19.1 Å². The van der Waals surface area contributed by atoms with Gasteiger partial charge in [0.2, 0.25) is 5.91 Å². The normalized spacial score (nSPS) is 21.4. The molecule has 0 saturated carbocycles. The monoisotopic (exact) mass is 452 g/mol. The van der Waals surface area contributed by atoms with Crippen LogP contribution in [0.3, 0.4) is 0 Å². The number of nitrogens with one attached hydrogen (secondary N) is 1. The number of rotatable bonds is 3. The summed E-state index contributed by atoms with van der Waals surface area (Å²) in [7, 11) is 0. The zero-order valence-corrected chi connectivity index (χ0v) is 19.0. The van der Waals surface area contributed by atoms with E-state index in [-0.39, 0.29) is 24.4 Å². The van der Waals surface area contributed by atoms with E-state index < -0.39 is 35.5 Å². The Morgan fingerprint density at radius 1 is 1.12 bits per heavy atom. The fourth-order valence-corrected chi connectivity index (χ4v) is 4.28. The van der Waals surface area contributed by atoms with E-state index in [9.17, 15) is 19.2 Å². The molecular weight excluding hydrogens is 424 g/mol. The molecule has 0 aliphatic carbocycles. The topological polar surface area (TPSA) is 109 Å². The molecule has 174 valence electrons. The number of benzene rings is 1. The van der Waals surface area contributed by atoms with Crippen LogP contribution in [0, 0.1) is 0 Å². The highest BCUT2D eigenvalue weighted by atomic mass is 16.6. The van der Waals surface area contributed by atoms with Crippen molar-refractivity contribution < 1.29 is 23.9 Å². The van der Waals surface area contributed by atoms with Crippen LogP contribution in [0.5, 0.6) is 0 Å². The summed E-state index contributed by atoms with van der Waals surface area (Å²) in [6, 6.07) is 7.27. The number of nitrogens with zero attached hydrogens (tertiary/aromatic N) is 3. The Morgan fingerprint density at radius 2 is 1.88 bits per heavy atom. The molecule has 1 N–H and O–H groups in total. The van der Waals surface area contributed by atoms with Crippen LogP contribution in [0.2, 0.25) is 0 Å². The predicted molar refractivity (Wildman–Crippen MR) is 120 cm³/mol. The lowest BCUT2D eigenvalue weighted by molar-refractivity contribution is -0.187. The number of hydrogen-bond donors (Lipinski definition) is 1. The first kappa shape index (κ1) is 22.7. The smallest absolute Gasteiger partial charge is 0.331 e. The Balaban J connectivity index is 1.60. The summed E-state index contributed by atoms with van der Waals surface area (Å²) < 4.78 is 5.52. The third-order valence-electron chi connectivity index (χ3n) is 5.73. The standard InChI is InChI=1S/C24H28N4O5/c1-24(2,3)33-23(32)18-9-6-14-27-19(29)11-10-17(22(31)28(18)27)26-21(30)20-16-8-5-4-7-15(16)12-13-25-20/h4-5,7-8,12-13,17-18H,6,9-11,14H2,1-3H3,(H,26,30). The van der Waals surface area contributed by atoms with Gasteiger partial charge in [0.25, 0.3) is 11.8 Å². The highest BCUT2D eigenvalue weighted by Gasteiger charge is 2.45. The Hall–Kier alpha value is -3.49. The summed E-state index contributed by atoms with van der Waals surface area (Å²) in [5, 5.41) is 6.81. The molecular formula is C24H28N4O5. The van der Waals surface area contributed by atoms with E-state index in [0.29, 0.717) is 24.8 Å². The molecule has 1 aromatic heterocycles. The van der Waals surface area contributed by atoms with Crippen molar-refractivity contribution in [1.82, 2.24) is 20.3 Å². The number of fused-ring (bicyclic) bond motifs is 2. The van der Waals surface area contributed by atoms with Gasteiger partial charge in [0.1, 0.15) is 17.3 Å². The number of pyridine rings is 1. The van der Waals surface area contributed by atoms with Crippen LogP contribution in [-0.4, -0.2) is 62.9 Å². The largest absolute Gasteiger partial charge is 0.458 e. The van der Waals surface area contributed by atoms with Crippen molar-refractivity contribution >= 4 is 34.5 Å². The molecule has 0 radical (unpaired) electrons. The van der Waals surface area contributed by atoms with Crippen molar-refractivity contribution in [2.24, 2.45) is 0 Å². The minimum Gasteiger partial charge on any atom is -0.458 e. The van der Waals surface area contributed by atoms with Gasteiger partial charge in [-0.15, -0.1) is 0 Å². The zero-order chi connectivity index (χ0) is 23.8. The van der Waals surface area contributed by atoms with Gasteiger partial charge in [-0.25, -0.2) is 9.80 Å². The highest BCUT2D eigenvalue weighted by molar-refractivity contribution is 6.06. The van der Waals surface area contributed by atoms with Gasteiger partial charge in [0.15, 0.2) is 6.04 Å². The minimum absolute atomic E-state index is 0.0805. The van der Waals surface area contributed by atoms with E-state index in [0.717, 1.165) is 5.39 Å². The van der Waals surface area contributed by atoms with Crippen molar-refractivity contribution in [3.63, 3.8) is 0 Å². The van der Waals surface area contributed by atoms with Crippen LogP contribution >= 0.6 is 0 Å². The van der Waals surface area contributed by atoms with Gasteiger partial charge in [0.05, 0.1) is 0 Å². The molecule has 2 atom stereocenters. The van der Waals surface area contributed by atoms with Gasteiger partial charge in [-0.05, 0) is 51.5 Å². The number of carbonyl (C=O) groups is 4. The van der Waals surface area contributed by atoms with Gasteiger partial charge < -0.3 is 10.1 Å². The van der Waals surface area contributed by atoms with Crippen molar-refractivity contribution in [2.75, 3.05) is 6.54 Å². The number of hydrazine groups is 1. The number of amides is 3. The number of aromatic nitrogens is 1. The fraction of sp³-hybridized carbons (Fsp3) is 0.458. The maximum absolute atomic E-state index is 13.5. The van der Waals surface area contributed by atoms with Gasteiger partial charge in [-0.2, -0.15) is 0 Å². The van der Waals surface area contributed by atoms with E-state index in [1.54, 1.807) is 39.1 Å². The van der Waals surface area contributed by atoms with E-state index in [2.05, 4.69) is 10.3 Å². The van der Waals surface area contributed by atoms with Crippen LogP contribution < -0.4 is 5.32 Å². The SMILES string of the molecule is CC(C)(C)OC(=O)C1CCCN2C(=O)CCC(NC(=O)c3nccc4ccccc34)C(=O)N12. The molecule has 3 heterocycles. The highest BCUT2D eigenvalue weighted by Crippen LogP contribution is 2.27. The summed E-state index contributed by atoms with van der Waals surface area (Å²) in [5.41, 5.74) is -0.526. The number of hydrogen-bond acceptors (Lipinski definition) is 6. The fourth-order valence-electron chi connectivity index (χ4n) is 4.28. The maximum Gasteiger partial charge on any atom is 0.331 e. The molecule has 9 nitrogen and oxygen atoms in total. The molecule has 2 aromatic rings. The molecule has 1 aromatic carbocycles. The van der Waals surface area contributed by atoms with E-state index in [1.807, 2.05) is 18.2 Å². The quantitative estimate of drug-likeness (QED) is 0.715.